The lowest BCUT2D eigenvalue weighted by atomic mass is 9.85. The van der Waals surface area contributed by atoms with Crippen LogP contribution >= 0.6 is 0 Å². The summed E-state index contributed by atoms with van der Waals surface area (Å²) in [5.74, 6) is -2.27. The van der Waals surface area contributed by atoms with Gasteiger partial charge in [-0.05, 0) is 37.1 Å². The molecule has 3 heterocycles. The Kier molecular flexibility index (Phi) is 5.31. The Labute approximate surface area is 197 Å². The van der Waals surface area contributed by atoms with Crippen LogP contribution in [0.25, 0.3) is 5.57 Å². The van der Waals surface area contributed by atoms with Crippen LogP contribution in [-0.4, -0.2) is 46.0 Å². The van der Waals surface area contributed by atoms with Crippen LogP contribution in [0, 0.1) is 22.0 Å². The fourth-order valence-corrected chi connectivity index (χ4v) is 5.61. The predicted molar refractivity (Wildman–Crippen MR) is 126 cm³/mol. The van der Waals surface area contributed by atoms with Crippen LogP contribution in [0.2, 0.25) is 0 Å². The number of nitro benzene ring substituents is 1. The zero-order chi connectivity index (χ0) is 24.1. The summed E-state index contributed by atoms with van der Waals surface area (Å²) in [6.07, 6.45) is 3.56. The molecule has 2 aromatic carbocycles. The van der Waals surface area contributed by atoms with Gasteiger partial charge in [-0.25, -0.2) is 0 Å². The molecule has 2 fully saturated rings. The van der Waals surface area contributed by atoms with Crippen molar-refractivity contribution >= 4 is 34.5 Å². The first-order valence-electron chi connectivity index (χ1n) is 11.5. The molecule has 0 spiro atoms. The number of hydrogen-bond acceptors (Lipinski definition) is 6. The minimum Gasteiger partial charge on any atom is -0.352 e. The summed E-state index contributed by atoms with van der Waals surface area (Å²) in [6, 6.07) is 11.8. The fourth-order valence-electron chi connectivity index (χ4n) is 5.61. The van der Waals surface area contributed by atoms with E-state index in [9.17, 15) is 24.5 Å². The third kappa shape index (κ3) is 3.16. The molecular weight excluding hydrogens is 434 g/mol. The number of hydrogen-bond donors (Lipinski definition) is 0. The van der Waals surface area contributed by atoms with Crippen molar-refractivity contribution in [3.05, 3.63) is 75.8 Å². The number of unbranched alkanes of at least 4 members (excludes halogenated alkanes) is 1. The van der Waals surface area contributed by atoms with Gasteiger partial charge in [0.05, 0.1) is 22.8 Å². The molecule has 0 aliphatic carbocycles. The molecule has 3 aliphatic rings. The van der Waals surface area contributed by atoms with Gasteiger partial charge in [-0.2, -0.15) is 0 Å². The molecule has 0 N–H and O–H groups in total. The van der Waals surface area contributed by atoms with E-state index >= 15 is 0 Å². The molecule has 2 saturated heterocycles. The van der Waals surface area contributed by atoms with Crippen LogP contribution < -0.4 is 4.90 Å². The normalized spacial score (nSPS) is 25.1. The molecule has 0 unspecified atom stereocenters. The van der Waals surface area contributed by atoms with E-state index in [2.05, 4.69) is 0 Å². The van der Waals surface area contributed by atoms with Gasteiger partial charge in [-0.15, -0.1) is 0 Å². The monoisotopic (exact) mass is 459 g/mol. The number of amides is 2. The van der Waals surface area contributed by atoms with Gasteiger partial charge in [0.25, 0.3) is 5.69 Å². The van der Waals surface area contributed by atoms with Gasteiger partial charge in [-0.3, -0.25) is 29.4 Å². The van der Waals surface area contributed by atoms with Crippen LogP contribution in [0.4, 0.5) is 11.4 Å². The highest BCUT2D eigenvalue weighted by atomic mass is 16.6. The number of Topliss-reactive ketones (excluding diaryl/α,β-unsaturated/α-hetero) is 1. The highest BCUT2D eigenvalue weighted by Crippen LogP contribution is 2.50. The predicted octanol–water partition coefficient (Wildman–Crippen LogP) is 3.85. The van der Waals surface area contributed by atoms with Crippen LogP contribution in [0.5, 0.6) is 0 Å². The molecule has 3 aliphatic heterocycles. The van der Waals surface area contributed by atoms with Crippen molar-refractivity contribution in [2.75, 3.05) is 11.4 Å². The number of nitro groups is 1. The SMILES string of the molecule is CCCCN1C(=O)[C@@H]2[C@H](C1=O)[C@H]1C=C(C)c3ccccc3N1[C@@H]2C(=O)c1ccc([N+](=O)[O-])cc1. The summed E-state index contributed by atoms with van der Waals surface area (Å²) in [7, 11) is 0. The standard InChI is InChI=1S/C26H25N3O5/c1-3-4-13-27-25(31)21-20-14-15(2)18-7-5-6-8-19(18)28(20)23(22(21)26(27)32)24(30)16-9-11-17(12-10-16)29(33)34/h5-12,14,20-23H,3-4,13H2,1-2H3/t20-,21-,22-,23+/m1/s1. The Morgan fingerprint density at radius 2 is 1.71 bits per heavy atom. The van der Waals surface area contributed by atoms with E-state index in [0.717, 1.165) is 23.2 Å². The molecule has 0 radical (unpaired) electrons. The molecule has 2 amide bonds. The lowest BCUT2D eigenvalue weighted by Crippen LogP contribution is -2.49. The highest BCUT2D eigenvalue weighted by molar-refractivity contribution is 6.14. The Balaban J connectivity index is 1.62. The first-order valence-corrected chi connectivity index (χ1v) is 11.5. The van der Waals surface area contributed by atoms with Crippen molar-refractivity contribution in [3.63, 3.8) is 0 Å². The zero-order valence-electron chi connectivity index (χ0n) is 19.0. The number of carbonyl (C=O) groups excluding carboxylic acids is 3. The Morgan fingerprint density at radius 3 is 2.38 bits per heavy atom. The first kappa shape index (κ1) is 22.0. The molecule has 5 rings (SSSR count). The maximum atomic E-state index is 13.9. The number of imide groups is 1. The largest absolute Gasteiger partial charge is 0.352 e. The van der Waals surface area contributed by atoms with Gasteiger partial charge in [0, 0.05) is 35.5 Å². The molecule has 0 bridgehead atoms. The number of rotatable bonds is 6. The maximum absolute atomic E-state index is 13.9. The smallest absolute Gasteiger partial charge is 0.269 e. The minimum atomic E-state index is -0.870. The zero-order valence-corrected chi connectivity index (χ0v) is 19.0. The van der Waals surface area contributed by atoms with Gasteiger partial charge in [0.2, 0.25) is 11.8 Å². The molecular formula is C26H25N3O5. The molecule has 8 heteroatoms. The van der Waals surface area contributed by atoms with Gasteiger partial charge in [0.1, 0.15) is 6.04 Å². The summed E-state index contributed by atoms with van der Waals surface area (Å²) < 4.78 is 0. The van der Waals surface area contributed by atoms with Crippen molar-refractivity contribution < 1.29 is 19.3 Å². The van der Waals surface area contributed by atoms with Crippen molar-refractivity contribution in [1.82, 2.24) is 4.90 Å². The van der Waals surface area contributed by atoms with E-state index in [-0.39, 0.29) is 28.8 Å². The molecule has 4 atom stereocenters. The van der Waals surface area contributed by atoms with E-state index in [1.165, 1.54) is 29.2 Å². The van der Waals surface area contributed by atoms with Gasteiger partial charge < -0.3 is 4.90 Å². The number of ketones is 1. The molecule has 174 valence electrons. The Bertz CT molecular complexity index is 1240. The van der Waals surface area contributed by atoms with E-state index < -0.39 is 28.8 Å². The molecule has 34 heavy (non-hydrogen) atoms. The number of non-ortho nitro benzene ring substituents is 1. The van der Waals surface area contributed by atoms with Gasteiger partial charge >= 0.3 is 0 Å². The number of para-hydroxylation sites is 1. The quantitative estimate of drug-likeness (QED) is 0.281. The lowest BCUT2D eigenvalue weighted by Gasteiger charge is -2.38. The molecule has 0 aromatic heterocycles. The van der Waals surface area contributed by atoms with Crippen molar-refractivity contribution in [2.24, 2.45) is 11.8 Å². The fraction of sp³-hybridized carbons (Fsp3) is 0.346. The van der Waals surface area contributed by atoms with E-state index in [1.807, 2.05) is 49.1 Å². The van der Waals surface area contributed by atoms with Crippen molar-refractivity contribution in [2.45, 2.75) is 38.8 Å². The third-order valence-electron chi connectivity index (χ3n) is 7.21. The molecule has 2 aromatic rings. The second kappa shape index (κ2) is 8.20. The Morgan fingerprint density at radius 1 is 1.03 bits per heavy atom. The number of anilines is 1. The van der Waals surface area contributed by atoms with E-state index in [0.29, 0.717) is 13.0 Å². The van der Waals surface area contributed by atoms with Crippen LogP contribution in [-0.2, 0) is 9.59 Å². The summed E-state index contributed by atoms with van der Waals surface area (Å²) in [4.78, 5) is 54.7. The summed E-state index contributed by atoms with van der Waals surface area (Å²) >= 11 is 0. The highest BCUT2D eigenvalue weighted by Gasteiger charge is 2.64. The molecule has 8 nitrogen and oxygen atoms in total. The third-order valence-corrected chi connectivity index (χ3v) is 7.21. The van der Waals surface area contributed by atoms with Crippen LogP contribution in [0.1, 0.15) is 42.6 Å². The Hall–Kier alpha value is -3.81. The second-order valence-corrected chi connectivity index (χ2v) is 9.11. The first-order chi connectivity index (χ1) is 16.3. The minimum absolute atomic E-state index is 0.113. The van der Waals surface area contributed by atoms with Gasteiger partial charge in [0.15, 0.2) is 5.78 Å². The maximum Gasteiger partial charge on any atom is 0.269 e. The van der Waals surface area contributed by atoms with Crippen LogP contribution in [0.15, 0.2) is 54.6 Å². The number of benzene rings is 2. The summed E-state index contributed by atoms with van der Waals surface area (Å²) in [6.45, 7) is 4.33. The topological polar surface area (TPSA) is 101 Å². The number of likely N-dealkylation sites (tertiary alicyclic amines) is 1. The summed E-state index contributed by atoms with van der Waals surface area (Å²) in [5.41, 5.74) is 2.96. The van der Waals surface area contributed by atoms with Gasteiger partial charge in [-0.1, -0.05) is 37.6 Å². The van der Waals surface area contributed by atoms with Crippen molar-refractivity contribution in [1.29, 1.82) is 0 Å². The number of fused-ring (bicyclic) bond motifs is 5. The van der Waals surface area contributed by atoms with E-state index in [1.54, 1.807) is 0 Å². The molecule has 0 saturated carbocycles. The van der Waals surface area contributed by atoms with Crippen LogP contribution in [0.3, 0.4) is 0 Å². The lowest BCUT2D eigenvalue weighted by molar-refractivity contribution is -0.384. The van der Waals surface area contributed by atoms with E-state index in [4.69, 9.17) is 0 Å². The number of allylic oxidation sites excluding steroid dienone is 1. The number of carbonyl (C=O) groups is 3. The number of nitrogens with zero attached hydrogens (tertiary/aromatic N) is 3. The van der Waals surface area contributed by atoms with Crippen molar-refractivity contribution in [3.8, 4) is 0 Å². The average Bonchev–Trinajstić information content (AvgIpc) is 3.30. The average molecular weight is 460 g/mol. The summed E-state index contributed by atoms with van der Waals surface area (Å²) in [5, 5.41) is 11.1. The second-order valence-electron chi connectivity index (χ2n) is 9.11.